The number of unbranched alkanes of at least 4 members (excludes halogenated alkanes) is 1. The monoisotopic (exact) mass is 411 g/mol. The lowest BCUT2D eigenvalue weighted by Gasteiger charge is -2.06. The molecular weight excluding hydrogens is 390 g/mol. The van der Waals surface area contributed by atoms with Gasteiger partial charge in [0.1, 0.15) is 17.1 Å². The molecule has 1 aromatic heterocycles. The molecule has 0 amide bonds. The van der Waals surface area contributed by atoms with Crippen LogP contribution in [0, 0.1) is 10.1 Å². The Kier molecular flexibility index (Phi) is 6.46. The van der Waals surface area contributed by atoms with Crippen LogP contribution in [0.3, 0.4) is 0 Å². The number of nitro benzene ring substituents is 1. The molecule has 1 heterocycles. The first-order valence-electron chi connectivity index (χ1n) is 9.60. The molecule has 30 heavy (non-hydrogen) atoms. The fourth-order valence-corrected chi connectivity index (χ4v) is 3.12. The highest BCUT2D eigenvalue weighted by Crippen LogP contribution is 2.32. The molecule has 8 nitrogen and oxygen atoms in total. The zero-order chi connectivity index (χ0) is 21.7. The van der Waals surface area contributed by atoms with Gasteiger partial charge in [-0.15, -0.1) is 0 Å². The number of ketones is 1. The van der Waals surface area contributed by atoms with Gasteiger partial charge in [-0.25, -0.2) is 0 Å². The van der Waals surface area contributed by atoms with E-state index in [4.69, 9.17) is 14.3 Å². The third-order valence-electron chi connectivity index (χ3n) is 4.64. The maximum atomic E-state index is 13.3. The van der Waals surface area contributed by atoms with Gasteiger partial charge in [-0.05, 0) is 36.8 Å². The molecule has 0 radical (unpaired) electrons. The highest BCUT2D eigenvalue weighted by Gasteiger charge is 2.23. The maximum absolute atomic E-state index is 13.3. The van der Waals surface area contributed by atoms with Gasteiger partial charge >= 0.3 is 5.97 Å². The highest BCUT2D eigenvalue weighted by atomic mass is 16.6. The second-order valence-electron chi connectivity index (χ2n) is 6.79. The average molecular weight is 411 g/mol. The number of carboxylic acid groups (broad SMARTS) is 1. The molecule has 0 aliphatic rings. The summed E-state index contributed by atoms with van der Waals surface area (Å²) >= 11 is 0. The molecule has 0 spiro atoms. The van der Waals surface area contributed by atoms with E-state index in [1.807, 2.05) is 6.92 Å². The van der Waals surface area contributed by atoms with Crippen molar-refractivity contribution in [2.24, 2.45) is 0 Å². The van der Waals surface area contributed by atoms with Gasteiger partial charge in [-0.3, -0.25) is 19.7 Å². The minimum atomic E-state index is -0.956. The molecule has 1 N–H and O–H groups in total. The molecule has 0 saturated heterocycles. The number of nitrogens with zero attached hydrogens (tertiary/aromatic N) is 1. The summed E-state index contributed by atoms with van der Waals surface area (Å²) < 4.78 is 11.2. The number of aliphatic carboxylic acids is 1. The van der Waals surface area contributed by atoms with Crippen LogP contribution in [0.15, 0.2) is 46.9 Å². The van der Waals surface area contributed by atoms with E-state index in [1.165, 1.54) is 18.2 Å². The molecule has 0 unspecified atom stereocenters. The lowest BCUT2D eigenvalue weighted by molar-refractivity contribution is -0.384. The van der Waals surface area contributed by atoms with Crippen LogP contribution in [0.2, 0.25) is 0 Å². The zero-order valence-corrected chi connectivity index (χ0v) is 16.4. The van der Waals surface area contributed by atoms with E-state index >= 15 is 0 Å². The van der Waals surface area contributed by atoms with Gasteiger partial charge in [0.2, 0.25) is 0 Å². The molecule has 0 atom stereocenters. The Balaban J connectivity index is 1.94. The normalized spacial score (nSPS) is 10.8. The number of carboxylic acids is 1. The van der Waals surface area contributed by atoms with Crippen LogP contribution in [0.4, 0.5) is 5.69 Å². The second-order valence-corrected chi connectivity index (χ2v) is 6.79. The van der Waals surface area contributed by atoms with E-state index in [-0.39, 0.29) is 24.5 Å². The van der Waals surface area contributed by atoms with Gasteiger partial charge in [-0.1, -0.05) is 13.3 Å². The van der Waals surface area contributed by atoms with Crippen molar-refractivity contribution in [3.05, 3.63) is 69.5 Å². The summed E-state index contributed by atoms with van der Waals surface area (Å²) in [7, 11) is 0. The molecule has 0 aliphatic heterocycles. The number of aryl methyl sites for hydroxylation is 1. The number of hydrogen-bond acceptors (Lipinski definition) is 6. The molecule has 3 rings (SSSR count). The maximum Gasteiger partial charge on any atom is 0.306 e. The SMILES string of the molecule is CCCCc1oc2ccc([N+](=O)[O-])cc2c1C(=O)c1ccc(OCCC(=O)O)cc1. The van der Waals surface area contributed by atoms with E-state index in [1.54, 1.807) is 24.3 Å². The number of non-ortho nitro benzene ring substituents is 1. The Morgan fingerprint density at radius 2 is 1.90 bits per heavy atom. The number of benzene rings is 2. The number of rotatable bonds is 10. The van der Waals surface area contributed by atoms with E-state index in [2.05, 4.69) is 0 Å². The Morgan fingerprint density at radius 1 is 1.17 bits per heavy atom. The molecule has 0 bridgehead atoms. The van der Waals surface area contributed by atoms with Crippen LogP contribution >= 0.6 is 0 Å². The zero-order valence-electron chi connectivity index (χ0n) is 16.4. The van der Waals surface area contributed by atoms with Crippen LogP contribution in [0.1, 0.15) is 47.9 Å². The van der Waals surface area contributed by atoms with Gasteiger partial charge in [0.25, 0.3) is 5.69 Å². The van der Waals surface area contributed by atoms with E-state index in [0.717, 1.165) is 12.8 Å². The van der Waals surface area contributed by atoms with E-state index < -0.39 is 10.9 Å². The number of hydrogen-bond donors (Lipinski definition) is 1. The van der Waals surface area contributed by atoms with Gasteiger partial charge in [-0.2, -0.15) is 0 Å². The molecular formula is C22H21NO7. The summed E-state index contributed by atoms with van der Waals surface area (Å²) in [5.41, 5.74) is 1.04. The van der Waals surface area contributed by atoms with Crippen molar-refractivity contribution >= 4 is 28.4 Å². The van der Waals surface area contributed by atoms with Crippen molar-refractivity contribution in [3.63, 3.8) is 0 Å². The first-order valence-corrected chi connectivity index (χ1v) is 9.60. The topological polar surface area (TPSA) is 120 Å². The number of furan rings is 1. The predicted molar refractivity (Wildman–Crippen MR) is 109 cm³/mol. The number of carbonyl (C=O) groups is 2. The lowest BCUT2D eigenvalue weighted by atomic mass is 9.98. The molecule has 0 fully saturated rings. The third kappa shape index (κ3) is 4.65. The van der Waals surface area contributed by atoms with Crippen molar-refractivity contribution in [2.45, 2.75) is 32.6 Å². The first-order chi connectivity index (χ1) is 14.4. The van der Waals surface area contributed by atoms with Crippen LogP contribution in [-0.2, 0) is 11.2 Å². The average Bonchev–Trinajstić information content (AvgIpc) is 3.09. The van der Waals surface area contributed by atoms with E-state index in [0.29, 0.717) is 40.0 Å². The van der Waals surface area contributed by atoms with Crippen LogP contribution < -0.4 is 4.74 Å². The number of ether oxygens (including phenoxy) is 1. The fourth-order valence-electron chi connectivity index (χ4n) is 3.12. The van der Waals surface area contributed by atoms with Crippen LogP contribution in [0.5, 0.6) is 5.75 Å². The summed E-state index contributed by atoms with van der Waals surface area (Å²) in [6.45, 7) is 2.05. The van der Waals surface area contributed by atoms with Crippen molar-refractivity contribution in [2.75, 3.05) is 6.61 Å². The van der Waals surface area contributed by atoms with E-state index in [9.17, 15) is 19.7 Å². The van der Waals surface area contributed by atoms with Crippen molar-refractivity contribution in [3.8, 4) is 5.75 Å². The molecule has 0 aliphatic carbocycles. The van der Waals surface area contributed by atoms with Crippen molar-refractivity contribution in [1.82, 2.24) is 0 Å². The summed E-state index contributed by atoms with van der Waals surface area (Å²) in [4.78, 5) is 34.5. The largest absolute Gasteiger partial charge is 0.493 e. The van der Waals surface area contributed by atoms with Gasteiger partial charge in [0.05, 0.1) is 23.5 Å². The van der Waals surface area contributed by atoms with Crippen molar-refractivity contribution in [1.29, 1.82) is 0 Å². The van der Waals surface area contributed by atoms with Crippen molar-refractivity contribution < 1.29 is 28.8 Å². The predicted octanol–water partition coefficient (Wildman–Crippen LogP) is 4.77. The fraction of sp³-hybridized carbons (Fsp3) is 0.273. The second kappa shape index (κ2) is 9.21. The smallest absolute Gasteiger partial charge is 0.306 e. The molecule has 2 aromatic carbocycles. The molecule has 8 heteroatoms. The number of fused-ring (bicyclic) bond motifs is 1. The number of carbonyl (C=O) groups excluding carboxylic acids is 1. The minimum Gasteiger partial charge on any atom is -0.493 e. The van der Waals surface area contributed by atoms with Gasteiger partial charge < -0.3 is 14.3 Å². The third-order valence-corrected chi connectivity index (χ3v) is 4.64. The Bertz CT molecular complexity index is 1080. The highest BCUT2D eigenvalue weighted by molar-refractivity contribution is 6.17. The van der Waals surface area contributed by atoms with Gasteiger partial charge in [0.15, 0.2) is 5.78 Å². The summed E-state index contributed by atoms with van der Waals surface area (Å²) in [6, 6.07) is 10.6. The van der Waals surface area contributed by atoms with Crippen LogP contribution in [-0.4, -0.2) is 28.4 Å². The van der Waals surface area contributed by atoms with Gasteiger partial charge in [0, 0.05) is 29.5 Å². The Hall–Kier alpha value is -3.68. The first kappa shape index (κ1) is 21.0. The summed E-state index contributed by atoms with van der Waals surface area (Å²) in [5, 5.41) is 20.3. The molecule has 3 aromatic rings. The Labute approximate surface area is 172 Å². The van der Waals surface area contributed by atoms with Crippen LogP contribution in [0.25, 0.3) is 11.0 Å². The summed E-state index contributed by atoms with van der Waals surface area (Å²) in [5.74, 6) is -0.286. The molecule has 0 saturated carbocycles. The Morgan fingerprint density at radius 3 is 2.53 bits per heavy atom. The minimum absolute atomic E-state index is 0.0276. The molecule has 156 valence electrons. The standard InChI is InChI=1S/C22H21NO7/c1-2-3-4-19-21(17-13-15(23(27)28)7-10-18(17)30-19)22(26)14-5-8-16(9-6-14)29-12-11-20(24)25/h5-10,13H,2-4,11-12H2,1H3,(H,24,25). The summed E-state index contributed by atoms with van der Waals surface area (Å²) in [6.07, 6.45) is 2.16. The lowest BCUT2D eigenvalue weighted by Crippen LogP contribution is -2.06. The number of nitro groups is 1. The quantitative estimate of drug-likeness (QED) is 0.290.